The van der Waals surface area contributed by atoms with Crippen LogP contribution in [0.4, 0.5) is 18.9 Å². The first kappa shape index (κ1) is 21.7. The minimum absolute atomic E-state index is 0.0447. The second kappa shape index (κ2) is 8.78. The Morgan fingerprint density at radius 1 is 1.17 bits per heavy atom. The van der Waals surface area contributed by atoms with E-state index in [4.69, 9.17) is 16.0 Å². The highest BCUT2D eigenvalue weighted by Gasteiger charge is 2.31. The lowest BCUT2D eigenvalue weighted by atomic mass is 10.1. The van der Waals surface area contributed by atoms with Gasteiger partial charge in [-0.2, -0.15) is 18.4 Å². The van der Waals surface area contributed by atoms with Gasteiger partial charge in [0, 0.05) is 21.8 Å². The molecule has 152 valence electrons. The monoisotopic (exact) mass is 494 g/mol. The molecule has 2 aromatic carbocycles. The third kappa shape index (κ3) is 5.12. The first-order valence-electron chi connectivity index (χ1n) is 8.33. The second-order valence-electron chi connectivity index (χ2n) is 6.03. The molecular formula is C21H11BrClF3N2O2. The number of rotatable bonds is 4. The molecule has 1 aromatic heterocycles. The van der Waals surface area contributed by atoms with E-state index in [-0.39, 0.29) is 27.7 Å². The number of alkyl halides is 3. The standard InChI is InChI=1S/C21H11BrClF3N2O2/c22-14-2-1-3-15(10-14)28-20(29)12(11-27)8-16-5-7-19(30-16)17-9-13(21(24,25)26)4-6-18(17)23/h1-10H,(H,28,29)/b12-8+. The van der Waals surface area contributed by atoms with Crippen LogP contribution in [0.25, 0.3) is 17.4 Å². The van der Waals surface area contributed by atoms with Gasteiger partial charge in [0.1, 0.15) is 23.2 Å². The van der Waals surface area contributed by atoms with Crippen LogP contribution in [0.15, 0.2) is 69.1 Å². The number of nitriles is 1. The van der Waals surface area contributed by atoms with Gasteiger partial charge in [0.05, 0.1) is 10.6 Å². The average Bonchev–Trinajstić information content (AvgIpc) is 3.14. The Hall–Kier alpha value is -3.02. The molecule has 0 atom stereocenters. The van der Waals surface area contributed by atoms with E-state index in [1.165, 1.54) is 18.2 Å². The molecule has 1 amide bonds. The molecule has 3 aromatic rings. The maximum Gasteiger partial charge on any atom is 0.416 e. The molecule has 0 fully saturated rings. The Morgan fingerprint density at radius 2 is 1.93 bits per heavy atom. The fourth-order valence-electron chi connectivity index (χ4n) is 2.52. The summed E-state index contributed by atoms with van der Waals surface area (Å²) in [5, 5.41) is 12.0. The summed E-state index contributed by atoms with van der Waals surface area (Å²) in [7, 11) is 0. The molecule has 0 spiro atoms. The predicted octanol–water partition coefficient (Wildman–Crippen LogP) is 6.93. The van der Waals surface area contributed by atoms with Crippen molar-refractivity contribution in [3.63, 3.8) is 0 Å². The number of halogens is 5. The Kier molecular flexibility index (Phi) is 6.34. The number of carbonyl (C=O) groups excluding carboxylic acids is 1. The van der Waals surface area contributed by atoms with Crippen molar-refractivity contribution in [2.75, 3.05) is 5.32 Å². The first-order chi connectivity index (χ1) is 14.2. The van der Waals surface area contributed by atoms with Crippen LogP contribution in [0.3, 0.4) is 0 Å². The van der Waals surface area contributed by atoms with Crippen molar-refractivity contribution in [3.8, 4) is 17.4 Å². The van der Waals surface area contributed by atoms with Gasteiger partial charge in [0.2, 0.25) is 0 Å². The SMILES string of the molecule is N#C/C(=C\c1ccc(-c2cc(C(F)(F)F)ccc2Cl)o1)C(=O)Nc1cccc(Br)c1. The summed E-state index contributed by atoms with van der Waals surface area (Å²) in [6.07, 6.45) is -3.34. The van der Waals surface area contributed by atoms with E-state index < -0.39 is 17.6 Å². The van der Waals surface area contributed by atoms with Crippen LogP contribution in [0.5, 0.6) is 0 Å². The van der Waals surface area contributed by atoms with E-state index in [9.17, 15) is 23.2 Å². The van der Waals surface area contributed by atoms with E-state index in [0.29, 0.717) is 5.69 Å². The topological polar surface area (TPSA) is 66.0 Å². The van der Waals surface area contributed by atoms with Gasteiger partial charge in [-0.15, -0.1) is 0 Å². The van der Waals surface area contributed by atoms with Crippen LogP contribution in [-0.4, -0.2) is 5.91 Å². The molecule has 0 saturated heterocycles. The fraction of sp³-hybridized carbons (Fsp3) is 0.0476. The van der Waals surface area contributed by atoms with Crippen LogP contribution in [0, 0.1) is 11.3 Å². The van der Waals surface area contributed by atoms with Crippen molar-refractivity contribution in [2.45, 2.75) is 6.18 Å². The van der Waals surface area contributed by atoms with Gasteiger partial charge in [0.25, 0.3) is 5.91 Å². The van der Waals surface area contributed by atoms with Gasteiger partial charge < -0.3 is 9.73 Å². The van der Waals surface area contributed by atoms with Gasteiger partial charge in [-0.3, -0.25) is 4.79 Å². The number of anilines is 1. The smallest absolute Gasteiger partial charge is 0.416 e. The van der Waals surface area contributed by atoms with Crippen molar-refractivity contribution in [2.24, 2.45) is 0 Å². The minimum Gasteiger partial charge on any atom is -0.457 e. The largest absolute Gasteiger partial charge is 0.457 e. The van der Waals surface area contributed by atoms with Gasteiger partial charge in [-0.05, 0) is 48.5 Å². The molecule has 1 N–H and O–H groups in total. The van der Waals surface area contributed by atoms with Gasteiger partial charge in [-0.1, -0.05) is 33.6 Å². The quantitative estimate of drug-likeness (QED) is 0.315. The number of furan rings is 1. The molecule has 0 aliphatic heterocycles. The summed E-state index contributed by atoms with van der Waals surface area (Å²) in [5.41, 5.74) is -0.595. The molecule has 9 heteroatoms. The predicted molar refractivity (Wildman–Crippen MR) is 111 cm³/mol. The Morgan fingerprint density at radius 3 is 2.60 bits per heavy atom. The number of nitrogens with one attached hydrogen (secondary N) is 1. The molecule has 0 saturated carbocycles. The highest BCUT2D eigenvalue weighted by Crippen LogP contribution is 2.36. The van der Waals surface area contributed by atoms with Crippen molar-refractivity contribution in [3.05, 3.63) is 81.0 Å². The fourth-order valence-corrected chi connectivity index (χ4v) is 3.13. The highest BCUT2D eigenvalue weighted by molar-refractivity contribution is 9.10. The summed E-state index contributed by atoms with van der Waals surface area (Å²) in [6, 6.07) is 14.3. The molecule has 0 aliphatic carbocycles. The van der Waals surface area contributed by atoms with Gasteiger partial charge in [-0.25, -0.2) is 0 Å². The van der Waals surface area contributed by atoms with E-state index in [1.54, 1.807) is 30.3 Å². The van der Waals surface area contributed by atoms with Crippen molar-refractivity contribution in [1.82, 2.24) is 0 Å². The van der Waals surface area contributed by atoms with Crippen molar-refractivity contribution >= 4 is 45.2 Å². The maximum atomic E-state index is 13.0. The van der Waals surface area contributed by atoms with E-state index >= 15 is 0 Å². The maximum absolute atomic E-state index is 13.0. The lowest BCUT2D eigenvalue weighted by Crippen LogP contribution is -2.13. The van der Waals surface area contributed by atoms with Crippen LogP contribution in [-0.2, 0) is 11.0 Å². The summed E-state index contributed by atoms with van der Waals surface area (Å²) in [6.45, 7) is 0. The zero-order chi connectivity index (χ0) is 21.9. The van der Waals surface area contributed by atoms with E-state index in [0.717, 1.165) is 22.7 Å². The van der Waals surface area contributed by atoms with Gasteiger partial charge in [0.15, 0.2) is 0 Å². The number of hydrogen-bond acceptors (Lipinski definition) is 3. The first-order valence-corrected chi connectivity index (χ1v) is 9.50. The molecule has 0 bridgehead atoms. The molecule has 1 heterocycles. The average molecular weight is 496 g/mol. The van der Waals surface area contributed by atoms with E-state index in [2.05, 4.69) is 21.2 Å². The zero-order valence-corrected chi connectivity index (χ0v) is 17.3. The second-order valence-corrected chi connectivity index (χ2v) is 7.35. The molecule has 4 nitrogen and oxygen atoms in total. The van der Waals surface area contributed by atoms with Crippen LogP contribution >= 0.6 is 27.5 Å². The number of benzene rings is 2. The number of carbonyl (C=O) groups is 1. The van der Waals surface area contributed by atoms with Crippen LogP contribution in [0.1, 0.15) is 11.3 Å². The van der Waals surface area contributed by atoms with Crippen molar-refractivity contribution in [1.29, 1.82) is 5.26 Å². The molecule has 0 unspecified atom stereocenters. The number of nitrogens with zero attached hydrogens (tertiary/aromatic N) is 1. The summed E-state index contributed by atoms with van der Waals surface area (Å²) < 4.78 is 45.1. The molecule has 30 heavy (non-hydrogen) atoms. The zero-order valence-electron chi connectivity index (χ0n) is 14.9. The molecule has 0 radical (unpaired) electrons. The Bertz CT molecular complexity index is 1180. The normalized spacial score (nSPS) is 11.8. The summed E-state index contributed by atoms with van der Waals surface area (Å²) in [4.78, 5) is 12.3. The lowest BCUT2D eigenvalue weighted by Gasteiger charge is -2.09. The Balaban J connectivity index is 1.87. The lowest BCUT2D eigenvalue weighted by molar-refractivity contribution is -0.137. The molecular weight excluding hydrogens is 485 g/mol. The van der Waals surface area contributed by atoms with Crippen LogP contribution < -0.4 is 5.32 Å². The van der Waals surface area contributed by atoms with Crippen LogP contribution in [0.2, 0.25) is 5.02 Å². The van der Waals surface area contributed by atoms with Crippen molar-refractivity contribution < 1.29 is 22.4 Å². The number of hydrogen-bond donors (Lipinski definition) is 1. The molecule has 0 aliphatic rings. The number of amides is 1. The van der Waals surface area contributed by atoms with E-state index in [1.807, 2.05) is 0 Å². The summed E-state index contributed by atoms with van der Waals surface area (Å²) in [5.74, 6) is -0.480. The highest BCUT2D eigenvalue weighted by atomic mass is 79.9. The van der Waals surface area contributed by atoms with Gasteiger partial charge >= 0.3 is 6.18 Å². The summed E-state index contributed by atoms with van der Waals surface area (Å²) >= 11 is 9.29. The Labute approximate surface area is 182 Å². The molecule has 3 rings (SSSR count). The third-order valence-electron chi connectivity index (χ3n) is 3.92. The minimum atomic E-state index is -4.53. The third-order valence-corrected chi connectivity index (χ3v) is 4.74.